The fraction of sp³-hybridized carbons (Fsp3) is 0.350. The summed E-state index contributed by atoms with van der Waals surface area (Å²) in [5.74, 6) is 1.71. The monoisotopic (exact) mass is 416 g/mol. The summed E-state index contributed by atoms with van der Waals surface area (Å²) < 4.78 is 7.40. The van der Waals surface area contributed by atoms with E-state index in [1.165, 1.54) is 24.6 Å². The smallest absolute Gasteiger partial charge is 0.230 e. The molecule has 0 aliphatic heterocycles. The number of benzene rings is 1. The zero-order valence-electron chi connectivity index (χ0n) is 15.3. The molecule has 6 nitrogen and oxygen atoms in total. The van der Waals surface area contributed by atoms with Crippen molar-refractivity contribution < 1.29 is 9.21 Å². The standard InChI is InChI=1S/C20H21ClN4O2S/c21-17-10-4-3-9-16(17)19-23-24-20(25(19)14-6-1-2-7-14)28-13-18(26)22-12-15-8-5-11-27-15/h3-5,8-11,14H,1-2,6-7,12-13H2,(H,22,26). The van der Waals surface area contributed by atoms with E-state index in [0.717, 1.165) is 35.1 Å². The first-order chi connectivity index (χ1) is 13.7. The molecule has 1 N–H and O–H groups in total. The second-order valence-electron chi connectivity index (χ2n) is 6.74. The fourth-order valence-corrected chi connectivity index (χ4v) is 4.53. The van der Waals surface area contributed by atoms with E-state index in [4.69, 9.17) is 16.0 Å². The van der Waals surface area contributed by atoms with Gasteiger partial charge in [-0.1, -0.05) is 48.3 Å². The minimum Gasteiger partial charge on any atom is -0.467 e. The van der Waals surface area contributed by atoms with Crippen LogP contribution in [0.4, 0.5) is 0 Å². The molecule has 146 valence electrons. The Morgan fingerprint density at radius 3 is 2.79 bits per heavy atom. The second-order valence-corrected chi connectivity index (χ2v) is 8.09. The summed E-state index contributed by atoms with van der Waals surface area (Å²) in [4.78, 5) is 12.2. The average molecular weight is 417 g/mol. The molecule has 8 heteroatoms. The fourth-order valence-electron chi connectivity index (χ4n) is 3.47. The summed E-state index contributed by atoms with van der Waals surface area (Å²) in [5.41, 5.74) is 0.873. The first-order valence-corrected chi connectivity index (χ1v) is 10.7. The Hall–Kier alpha value is -2.25. The highest BCUT2D eigenvalue weighted by Gasteiger charge is 2.26. The van der Waals surface area contributed by atoms with Crippen molar-refractivity contribution in [3.05, 3.63) is 53.4 Å². The average Bonchev–Trinajstić information content (AvgIpc) is 3.46. The van der Waals surface area contributed by atoms with Gasteiger partial charge in [-0.25, -0.2) is 0 Å². The summed E-state index contributed by atoms with van der Waals surface area (Å²) in [6, 6.07) is 11.7. The Morgan fingerprint density at radius 2 is 2.04 bits per heavy atom. The molecule has 1 aliphatic rings. The van der Waals surface area contributed by atoms with Crippen LogP contribution in [0.2, 0.25) is 5.02 Å². The van der Waals surface area contributed by atoms with Crippen molar-refractivity contribution in [3.8, 4) is 11.4 Å². The summed E-state index contributed by atoms with van der Waals surface area (Å²) in [6.07, 6.45) is 6.16. The van der Waals surface area contributed by atoms with E-state index >= 15 is 0 Å². The molecule has 1 aromatic carbocycles. The van der Waals surface area contributed by atoms with Crippen molar-refractivity contribution in [2.24, 2.45) is 0 Å². The van der Waals surface area contributed by atoms with E-state index in [1.807, 2.05) is 30.3 Å². The van der Waals surface area contributed by atoms with E-state index in [1.54, 1.807) is 12.3 Å². The quantitative estimate of drug-likeness (QED) is 0.564. The number of rotatable bonds is 7. The third kappa shape index (κ3) is 4.25. The van der Waals surface area contributed by atoms with Crippen LogP contribution in [0.25, 0.3) is 11.4 Å². The number of nitrogens with one attached hydrogen (secondary N) is 1. The number of nitrogens with zero attached hydrogens (tertiary/aromatic N) is 3. The van der Waals surface area contributed by atoms with E-state index in [0.29, 0.717) is 17.6 Å². The van der Waals surface area contributed by atoms with E-state index in [2.05, 4.69) is 20.1 Å². The predicted octanol–water partition coefficient (Wildman–Crippen LogP) is 4.72. The molecule has 1 fully saturated rings. The van der Waals surface area contributed by atoms with Crippen molar-refractivity contribution in [3.63, 3.8) is 0 Å². The number of aromatic nitrogens is 3. The van der Waals surface area contributed by atoms with Crippen LogP contribution in [0.15, 0.2) is 52.2 Å². The SMILES string of the molecule is O=C(CSc1nnc(-c2ccccc2Cl)n1C1CCCC1)NCc1ccco1. The molecular formula is C20H21ClN4O2S. The molecule has 1 amide bonds. The maximum Gasteiger partial charge on any atom is 0.230 e. The van der Waals surface area contributed by atoms with Gasteiger partial charge in [-0.2, -0.15) is 0 Å². The molecule has 0 unspecified atom stereocenters. The molecule has 1 saturated carbocycles. The van der Waals surface area contributed by atoms with E-state index in [9.17, 15) is 4.79 Å². The second kappa shape index (κ2) is 8.84. The predicted molar refractivity (Wildman–Crippen MR) is 109 cm³/mol. The van der Waals surface area contributed by atoms with Gasteiger partial charge >= 0.3 is 0 Å². The van der Waals surface area contributed by atoms with Crippen molar-refractivity contribution in [2.75, 3.05) is 5.75 Å². The number of thioether (sulfide) groups is 1. The lowest BCUT2D eigenvalue weighted by atomic mass is 10.2. The van der Waals surface area contributed by atoms with Gasteiger partial charge in [-0.3, -0.25) is 9.36 Å². The molecule has 0 saturated heterocycles. The maximum absolute atomic E-state index is 12.2. The molecule has 3 aromatic rings. The highest BCUT2D eigenvalue weighted by Crippen LogP contribution is 2.38. The van der Waals surface area contributed by atoms with Crippen LogP contribution in [-0.4, -0.2) is 26.4 Å². The van der Waals surface area contributed by atoms with Gasteiger partial charge in [0.1, 0.15) is 5.76 Å². The lowest BCUT2D eigenvalue weighted by molar-refractivity contribution is -0.118. The summed E-state index contributed by atoms with van der Waals surface area (Å²) in [7, 11) is 0. The molecule has 0 spiro atoms. The third-order valence-corrected chi connectivity index (χ3v) is 6.11. The van der Waals surface area contributed by atoms with Gasteiger partial charge in [-0.15, -0.1) is 10.2 Å². The van der Waals surface area contributed by atoms with Crippen molar-refractivity contribution >= 4 is 29.3 Å². The van der Waals surface area contributed by atoms with Gasteiger partial charge < -0.3 is 9.73 Å². The lowest BCUT2D eigenvalue weighted by Gasteiger charge is -2.17. The van der Waals surface area contributed by atoms with Gasteiger partial charge in [0.2, 0.25) is 5.91 Å². The largest absolute Gasteiger partial charge is 0.467 e. The van der Waals surface area contributed by atoms with Crippen LogP contribution in [-0.2, 0) is 11.3 Å². The first-order valence-electron chi connectivity index (χ1n) is 9.34. The van der Waals surface area contributed by atoms with E-state index < -0.39 is 0 Å². The van der Waals surface area contributed by atoms with Gasteiger partial charge in [0.15, 0.2) is 11.0 Å². The van der Waals surface area contributed by atoms with Crippen LogP contribution in [0.5, 0.6) is 0 Å². The minimum atomic E-state index is -0.0679. The molecule has 28 heavy (non-hydrogen) atoms. The molecular weight excluding hydrogens is 396 g/mol. The van der Waals surface area contributed by atoms with Crippen LogP contribution in [0.1, 0.15) is 37.5 Å². The number of amides is 1. The normalized spacial score (nSPS) is 14.5. The first kappa shape index (κ1) is 19.1. The molecule has 2 aromatic heterocycles. The Bertz CT molecular complexity index is 936. The van der Waals surface area contributed by atoms with Crippen molar-refractivity contribution in [1.82, 2.24) is 20.1 Å². The van der Waals surface area contributed by atoms with Crippen LogP contribution < -0.4 is 5.32 Å². The third-order valence-electron chi connectivity index (χ3n) is 4.84. The minimum absolute atomic E-state index is 0.0679. The zero-order valence-corrected chi connectivity index (χ0v) is 16.9. The Kier molecular flexibility index (Phi) is 6.02. The summed E-state index contributed by atoms with van der Waals surface area (Å²) in [6.45, 7) is 0.382. The van der Waals surface area contributed by atoms with Gasteiger partial charge in [0.25, 0.3) is 0 Å². The molecule has 1 aliphatic carbocycles. The molecule has 0 bridgehead atoms. The van der Waals surface area contributed by atoms with Crippen molar-refractivity contribution in [2.45, 2.75) is 43.4 Å². The number of carbonyl (C=O) groups excluding carboxylic acids is 1. The summed E-state index contributed by atoms with van der Waals surface area (Å²) >= 11 is 7.81. The Morgan fingerprint density at radius 1 is 1.21 bits per heavy atom. The maximum atomic E-state index is 12.2. The zero-order chi connectivity index (χ0) is 19.3. The number of hydrogen-bond donors (Lipinski definition) is 1. The Labute approximate surface area is 172 Å². The van der Waals surface area contributed by atoms with E-state index in [-0.39, 0.29) is 11.7 Å². The Balaban J connectivity index is 1.50. The summed E-state index contributed by atoms with van der Waals surface area (Å²) in [5, 5.41) is 13.1. The van der Waals surface area contributed by atoms with Crippen LogP contribution in [0, 0.1) is 0 Å². The molecule has 0 atom stereocenters. The number of carbonyl (C=O) groups is 1. The molecule has 0 radical (unpaired) electrons. The van der Waals surface area contributed by atoms with Gasteiger partial charge in [0.05, 0.1) is 23.6 Å². The number of furan rings is 1. The van der Waals surface area contributed by atoms with Gasteiger partial charge in [-0.05, 0) is 37.1 Å². The number of halogens is 1. The topological polar surface area (TPSA) is 73.0 Å². The number of hydrogen-bond acceptors (Lipinski definition) is 5. The highest BCUT2D eigenvalue weighted by atomic mass is 35.5. The van der Waals surface area contributed by atoms with Crippen LogP contribution in [0.3, 0.4) is 0 Å². The molecule has 2 heterocycles. The van der Waals surface area contributed by atoms with Gasteiger partial charge in [0, 0.05) is 11.6 Å². The highest BCUT2D eigenvalue weighted by molar-refractivity contribution is 7.99. The van der Waals surface area contributed by atoms with Crippen LogP contribution >= 0.6 is 23.4 Å². The lowest BCUT2D eigenvalue weighted by Crippen LogP contribution is -2.24. The molecule has 4 rings (SSSR count). The van der Waals surface area contributed by atoms with Crippen molar-refractivity contribution in [1.29, 1.82) is 0 Å².